The Morgan fingerprint density at radius 3 is 2.74 bits per heavy atom. The van der Waals surface area contributed by atoms with Crippen molar-refractivity contribution in [3.8, 4) is 0 Å². The van der Waals surface area contributed by atoms with Crippen LogP contribution in [0.4, 0.5) is 0 Å². The van der Waals surface area contributed by atoms with Crippen molar-refractivity contribution in [2.75, 3.05) is 27.2 Å². The molecule has 0 radical (unpaired) electrons. The maximum Gasteiger partial charge on any atom is 0.221 e. The summed E-state index contributed by atoms with van der Waals surface area (Å²) in [5.41, 5.74) is 5.46. The molecule has 1 aromatic heterocycles. The quantitative estimate of drug-likeness (QED) is 0.283. The molecule has 1 aromatic carbocycles. The number of unbranched alkanes of at least 4 members (excludes halogenated alkanes) is 2. The number of hydrogen-bond acceptors (Lipinski definition) is 4. The Bertz CT molecular complexity index is 728. The maximum absolute atomic E-state index is 12.2. The van der Waals surface area contributed by atoms with Crippen LogP contribution in [0.5, 0.6) is 0 Å². The van der Waals surface area contributed by atoms with Crippen LogP contribution in [-0.2, 0) is 22.7 Å². The van der Waals surface area contributed by atoms with E-state index in [9.17, 15) is 9.59 Å². The number of amides is 2. The lowest BCUT2D eigenvalue weighted by Crippen LogP contribution is -2.31. The molecule has 0 saturated heterocycles. The van der Waals surface area contributed by atoms with Crippen LogP contribution < -0.4 is 16.1 Å². The molecule has 2 amide bonds. The van der Waals surface area contributed by atoms with Gasteiger partial charge in [-0.1, -0.05) is 18.2 Å². The Labute approximate surface area is 161 Å². The third-order valence-electron chi connectivity index (χ3n) is 4.64. The summed E-state index contributed by atoms with van der Waals surface area (Å²) >= 11 is 0. The van der Waals surface area contributed by atoms with Gasteiger partial charge in [-0.2, -0.15) is 0 Å². The molecule has 0 atom stereocenters. The third kappa shape index (κ3) is 6.69. The molecular weight excluding hydrogens is 342 g/mol. The summed E-state index contributed by atoms with van der Waals surface area (Å²) in [5, 5.41) is 8.85. The van der Waals surface area contributed by atoms with Crippen molar-refractivity contribution in [3.05, 3.63) is 36.0 Å². The number of aryl methyl sites for hydroxylation is 1. The van der Waals surface area contributed by atoms with Crippen LogP contribution >= 0.6 is 0 Å². The Morgan fingerprint density at radius 1 is 1.19 bits per heavy atom. The number of nitrogens with zero attached hydrogens (tertiary/aromatic N) is 2. The van der Waals surface area contributed by atoms with Gasteiger partial charge in [0.15, 0.2) is 0 Å². The highest BCUT2D eigenvalue weighted by molar-refractivity contribution is 5.82. The number of carbonyl (C=O) groups is 2. The lowest BCUT2D eigenvalue weighted by atomic mass is 10.2. The minimum absolute atomic E-state index is 0.0757. The van der Waals surface area contributed by atoms with Crippen LogP contribution in [0.15, 0.2) is 30.3 Å². The Kier molecular flexibility index (Phi) is 8.80. The van der Waals surface area contributed by atoms with Gasteiger partial charge in [-0.25, -0.2) is 5.01 Å². The second-order valence-electron chi connectivity index (χ2n) is 6.66. The van der Waals surface area contributed by atoms with Crippen molar-refractivity contribution < 1.29 is 9.59 Å². The molecular formula is C20H31N5O2. The zero-order valence-electron chi connectivity index (χ0n) is 16.3. The van der Waals surface area contributed by atoms with E-state index in [1.807, 2.05) is 31.2 Å². The van der Waals surface area contributed by atoms with Crippen LogP contribution in [0, 0.1) is 0 Å². The van der Waals surface area contributed by atoms with Crippen molar-refractivity contribution in [1.82, 2.24) is 25.6 Å². The highest BCUT2D eigenvalue weighted by Crippen LogP contribution is 2.21. The number of benzene rings is 1. The monoisotopic (exact) mass is 373 g/mol. The van der Waals surface area contributed by atoms with Gasteiger partial charge >= 0.3 is 0 Å². The van der Waals surface area contributed by atoms with Gasteiger partial charge in [0.05, 0.1) is 6.54 Å². The summed E-state index contributed by atoms with van der Waals surface area (Å²) in [6.07, 6.45) is 4.03. The molecule has 27 heavy (non-hydrogen) atoms. The first-order chi connectivity index (χ1) is 13.2. The zero-order chi connectivity index (χ0) is 19.5. The number of para-hydroxylation sites is 1. The molecule has 0 spiro atoms. The molecule has 2 aromatic rings. The highest BCUT2D eigenvalue weighted by atomic mass is 16.1. The second-order valence-corrected chi connectivity index (χ2v) is 6.66. The second kappa shape index (κ2) is 11.4. The first kappa shape index (κ1) is 20.9. The van der Waals surface area contributed by atoms with E-state index in [2.05, 4.69) is 38.8 Å². The van der Waals surface area contributed by atoms with Gasteiger partial charge in [-0.05, 0) is 43.8 Å². The average molecular weight is 374 g/mol. The van der Waals surface area contributed by atoms with Gasteiger partial charge in [0, 0.05) is 44.3 Å². The lowest BCUT2D eigenvalue weighted by molar-refractivity contribution is -0.121. The number of hydrogen-bond donors (Lipinski definition) is 3. The van der Waals surface area contributed by atoms with E-state index in [4.69, 9.17) is 0 Å². The number of hydrazine groups is 1. The molecule has 0 unspecified atom stereocenters. The van der Waals surface area contributed by atoms with E-state index in [0.29, 0.717) is 26.1 Å². The van der Waals surface area contributed by atoms with E-state index in [1.165, 1.54) is 11.1 Å². The predicted molar refractivity (Wildman–Crippen MR) is 108 cm³/mol. The zero-order valence-corrected chi connectivity index (χ0v) is 16.3. The molecule has 148 valence electrons. The molecule has 7 nitrogen and oxygen atoms in total. The van der Waals surface area contributed by atoms with E-state index >= 15 is 0 Å². The van der Waals surface area contributed by atoms with E-state index < -0.39 is 0 Å². The minimum atomic E-state index is 0.0757. The number of aromatic nitrogens is 1. The summed E-state index contributed by atoms with van der Waals surface area (Å²) in [6.45, 7) is 2.81. The van der Waals surface area contributed by atoms with Crippen LogP contribution in [0.3, 0.4) is 0 Å². The molecule has 1 heterocycles. The van der Waals surface area contributed by atoms with Gasteiger partial charge in [0.2, 0.25) is 12.3 Å². The molecule has 3 N–H and O–H groups in total. The first-order valence-corrected chi connectivity index (χ1v) is 9.55. The van der Waals surface area contributed by atoms with Gasteiger partial charge in [0.25, 0.3) is 0 Å². The molecule has 2 rings (SSSR count). The van der Waals surface area contributed by atoms with E-state index in [-0.39, 0.29) is 5.91 Å². The normalized spacial score (nSPS) is 11.1. The fourth-order valence-corrected chi connectivity index (χ4v) is 3.10. The van der Waals surface area contributed by atoms with Crippen LogP contribution in [0.2, 0.25) is 0 Å². The third-order valence-corrected chi connectivity index (χ3v) is 4.64. The predicted octanol–water partition coefficient (Wildman–Crippen LogP) is 1.63. The SMILES string of the molecule is CNN(C)Cc1cc2ccccc2n1CCC(=O)NCCCCCNC=O. The molecule has 0 aliphatic rings. The standard InChI is InChI=1S/C20H31N5O2/c1-21-24(2)15-18-14-17-8-4-5-9-19(17)25(18)13-10-20(27)23-12-7-3-6-11-22-16-26/h4-5,8-9,14,16,21H,3,6-7,10-13,15H2,1-2H3,(H,22,26)(H,23,27). The first-order valence-electron chi connectivity index (χ1n) is 9.55. The number of rotatable bonds is 13. The van der Waals surface area contributed by atoms with Crippen molar-refractivity contribution in [2.45, 2.75) is 38.8 Å². The minimum Gasteiger partial charge on any atom is -0.359 e. The Hall–Kier alpha value is -2.38. The van der Waals surface area contributed by atoms with E-state index in [0.717, 1.165) is 37.7 Å². The smallest absolute Gasteiger partial charge is 0.221 e. The summed E-state index contributed by atoms with van der Waals surface area (Å²) in [4.78, 5) is 22.4. The number of nitrogens with one attached hydrogen (secondary N) is 3. The summed E-state index contributed by atoms with van der Waals surface area (Å²) in [6, 6.07) is 10.5. The molecule has 0 aliphatic carbocycles. The van der Waals surface area contributed by atoms with Gasteiger partial charge in [-0.3, -0.25) is 15.0 Å². The van der Waals surface area contributed by atoms with Crippen LogP contribution in [0.1, 0.15) is 31.4 Å². The average Bonchev–Trinajstić information content (AvgIpc) is 3.02. The van der Waals surface area contributed by atoms with Crippen molar-refractivity contribution in [2.24, 2.45) is 0 Å². The molecule has 0 bridgehead atoms. The number of carbonyl (C=O) groups excluding carboxylic acids is 2. The molecule has 0 aliphatic heterocycles. The molecule has 0 fully saturated rings. The van der Waals surface area contributed by atoms with Gasteiger partial charge in [-0.15, -0.1) is 0 Å². The highest BCUT2D eigenvalue weighted by Gasteiger charge is 2.11. The van der Waals surface area contributed by atoms with Crippen molar-refractivity contribution >= 4 is 23.2 Å². The fraction of sp³-hybridized carbons (Fsp3) is 0.500. The topological polar surface area (TPSA) is 78.4 Å². The Morgan fingerprint density at radius 2 is 1.96 bits per heavy atom. The fourth-order valence-electron chi connectivity index (χ4n) is 3.10. The van der Waals surface area contributed by atoms with Crippen LogP contribution in [0.25, 0.3) is 10.9 Å². The summed E-state index contributed by atoms with van der Waals surface area (Å²) in [7, 11) is 3.90. The van der Waals surface area contributed by atoms with E-state index in [1.54, 1.807) is 0 Å². The Balaban J connectivity index is 1.85. The molecule has 7 heteroatoms. The lowest BCUT2D eigenvalue weighted by Gasteiger charge is -2.17. The van der Waals surface area contributed by atoms with Gasteiger partial charge in [0.1, 0.15) is 0 Å². The van der Waals surface area contributed by atoms with Crippen molar-refractivity contribution in [3.63, 3.8) is 0 Å². The maximum atomic E-state index is 12.2. The van der Waals surface area contributed by atoms with Crippen molar-refractivity contribution in [1.29, 1.82) is 0 Å². The summed E-state index contributed by atoms with van der Waals surface area (Å²) in [5.74, 6) is 0.0757. The van der Waals surface area contributed by atoms with Crippen LogP contribution in [-0.4, -0.2) is 49.1 Å². The molecule has 0 saturated carbocycles. The number of fused-ring (bicyclic) bond motifs is 1. The largest absolute Gasteiger partial charge is 0.359 e. The summed E-state index contributed by atoms with van der Waals surface area (Å²) < 4.78 is 2.23. The van der Waals surface area contributed by atoms with Gasteiger partial charge < -0.3 is 15.2 Å².